The molecule has 8 rings (SSSR count). The van der Waals surface area contributed by atoms with Crippen LogP contribution in [0.15, 0.2) is 212 Å². The topological polar surface area (TPSA) is 35.0 Å². The Hall–Kier alpha value is -5.19. The van der Waals surface area contributed by atoms with Crippen molar-refractivity contribution < 1.29 is 47.0 Å². The largest absolute Gasteiger partial charge is 1.00 e. The summed E-state index contributed by atoms with van der Waals surface area (Å²) in [4.78, 5) is 8.61. The van der Waals surface area contributed by atoms with E-state index < -0.39 is 23.7 Å². The summed E-state index contributed by atoms with van der Waals surface area (Å²) in [7, 11) is -13.2. The van der Waals surface area contributed by atoms with E-state index >= 15 is 0 Å². The van der Waals surface area contributed by atoms with Crippen LogP contribution in [0.2, 0.25) is 0 Å². The quantitative estimate of drug-likeness (QED) is 0.0822. The van der Waals surface area contributed by atoms with Crippen molar-refractivity contribution >= 4 is 55.5 Å². The average molecular weight is 919 g/mol. The standard InChI is InChI=1S/C36H28OP2.C11H10N2.Cu.F6P/c1-5-17-29(18-6-1)38(30-19-7-2-8-20-30)35-27-15-13-25-33(35)37-34-26-14-16-28-36(34)39(31-21-9-3-10-22-31)32-23-11-4-12-24-32;1-9-5-4-7-11(13-9)10-6-2-3-8-12-10;;1-7(2,3,4,5)6/h1-28H;2-8H,1H3;;/q;;+1;-1/p+2. The maximum atomic E-state index is 9.87. The van der Waals surface area contributed by atoms with Gasteiger partial charge in [0.05, 0.1) is 11.4 Å². The second-order valence-corrected chi connectivity index (χ2v) is 19.9. The Morgan fingerprint density at radius 3 is 1.08 bits per heavy atom. The van der Waals surface area contributed by atoms with Gasteiger partial charge in [0.1, 0.15) is 47.7 Å². The van der Waals surface area contributed by atoms with Gasteiger partial charge in [-0.2, -0.15) is 0 Å². The fourth-order valence-corrected chi connectivity index (χ4v) is 11.5. The Kier molecular flexibility index (Phi) is 15.2. The molecule has 0 atom stereocenters. The zero-order chi connectivity index (χ0) is 41.8. The molecule has 0 saturated carbocycles. The van der Waals surface area contributed by atoms with Crippen molar-refractivity contribution in [3.8, 4) is 22.9 Å². The van der Waals surface area contributed by atoms with Crippen LogP contribution < -0.4 is 36.6 Å². The molecular weight excluding hydrogens is 879 g/mol. The van der Waals surface area contributed by atoms with E-state index in [0.717, 1.165) is 28.6 Å². The number of aryl methyl sites for hydroxylation is 1. The van der Waals surface area contributed by atoms with E-state index in [0.29, 0.717) is 0 Å². The fraction of sp³-hybridized carbons (Fsp3) is 0.0213. The van der Waals surface area contributed by atoms with E-state index in [1.165, 1.54) is 31.8 Å². The SMILES string of the molecule is Cc1cccc(-c2ccccn2)n1.F[P-](F)(F)(F)(F)F.[Cu+].c1ccc([PH+](c2ccccc2)c2ccccc2Oc2ccccc2[PH+](c2ccccc2)c2ccccc2)cc1. The molecule has 0 unspecified atom stereocenters. The summed E-state index contributed by atoms with van der Waals surface area (Å²) in [5, 5.41) is 7.88. The number of halogens is 6. The third-order valence-corrected chi connectivity index (χ3v) is 14.1. The van der Waals surface area contributed by atoms with E-state index in [4.69, 9.17) is 4.74 Å². The molecule has 0 aliphatic heterocycles. The van der Waals surface area contributed by atoms with Gasteiger partial charge in [0.15, 0.2) is 11.5 Å². The summed E-state index contributed by atoms with van der Waals surface area (Å²) in [6.45, 7) is 1.98. The predicted molar refractivity (Wildman–Crippen MR) is 239 cm³/mol. The van der Waals surface area contributed by atoms with Gasteiger partial charge in [0, 0.05) is 11.9 Å². The number of hydrogen-bond donors (Lipinski definition) is 0. The summed E-state index contributed by atoms with van der Waals surface area (Å²) in [5.41, 5.74) is 2.87. The van der Waals surface area contributed by atoms with E-state index in [-0.39, 0.29) is 17.1 Å². The molecule has 2 aromatic heterocycles. The maximum absolute atomic E-state index is 10.7. The van der Waals surface area contributed by atoms with Crippen LogP contribution >= 0.6 is 23.7 Å². The summed E-state index contributed by atoms with van der Waals surface area (Å²) in [6.07, 6.45) is 1.78. The van der Waals surface area contributed by atoms with E-state index in [2.05, 4.69) is 180 Å². The van der Waals surface area contributed by atoms with Crippen molar-refractivity contribution in [2.75, 3.05) is 0 Å². The fourth-order valence-electron chi connectivity index (χ4n) is 6.22. The molecular formula is C47H40CuF6N2OP3+2. The van der Waals surface area contributed by atoms with Crippen LogP contribution in [0, 0.1) is 6.92 Å². The normalized spacial score (nSPS) is 12.0. The number of ether oxygens (including phenoxy) is 1. The molecule has 310 valence electrons. The van der Waals surface area contributed by atoms with Gasteiger partial charge in [-0.05, 0) is 104 Å². The van der Waals surface area contributed by atoms with Crippen molar-refractivity contribution in [2.24, 2.45) is 0 Å². The van der Waals surface area contributed by atoms with Crippen molar-refractivity contribution in [3.63, 3.8) is 0 Å². The Labute approximate surface area is 358 Å². The number of pyridine rings is 2. The summed E-state index contributed by atoms with van der Waals surface area (Å²) >= 11 is 0. The first-order valence-corrected chi connectivity index (χ1v) is 23.5. The molecule has 2 heterocycles. The number of benzene rings is 6. The van der Waals surface area contributed by atoms with Gasteiger partial charge in [-0.1, -0.05) is 109 Å². The minimum atomic E-state index is -10.7. The summed E-state index contributed by atoms with van der Waals surface area (Å²) in [6, 6.07) is 72.3. The first-order valence-electron chi connectivity index (χ1n) is 18.4. The first kappa shape index (κ1) is 45.9. The Bertz CT molecular complexity index is 2330. The smallest absolute Gasteiger partial charge is 0.449 e. The molecule has 60 heavy (non-hydrogen) atoms. The molecule has 0 aliphatic rings. The predicted octanol–water partition coefficient (Wildman–Crippen LogP) is 12.3. The maximum Gasteiger partial charge on any atom is 1.00 e. The zero-order valence-electron chi connectivity index (χ0n) is 32.0. The molecule has 0 aliphatic carbocycles. The molecule has 0 amide bonds. The van der Waals surface area contributed by atoms with E-state index in [1.54, 1.807) is 6.20 Å². The monoisotopic (exact) mass is 918 g/mol. The van der Waals surface area contributed by atoms with Gasteiger partial charge < -0.3 is 4.74 Å². The number of para-hydroxylation sites is 2. The minimum absolute atomic E-state index is 0. The van der Waals surface area contributed by atoms with Crippen LogP contribution in [0.5, 0.6) is 11.5 Å². The average Bonchev–Trinajstić information content (AvgIpc) is 3.23. The molecule has 0 bridgehead atoms. The first-order chi connectivity index (χ1) is 28.2. The Morgan fingerprint density at radius 2 is 0.733 bits per heavy atom. The second kappa shape index (κ2) is 19.9. The van der Waals surface area contributed by atoms with Gasteiger partial charge in [-0.15, -0.1) is 0 Å². The molecule has 6 aromatic carbocycles. The molecule has 0 spiro atoms. The van der Waals surface area contributed by atoms with Crippen LogP contribution in [-0.2, 0) is 17.1 Å². The molecule has 0 fully saturated rings. The number of aromatic nitrogens is 2. The van der Waals surface area contributed by atoms with Gasteiger partial charge >= 0.3 is 50.1 Å². The third-order valence-electron chi connectivity index (χ3n) is 8.60. The van der Waals surface area contributed by atoms with Crippen molar-refractivity contribution in [3.05, 3.63) is 218 Å². The van der Waals surface area contributed by atoms with E-state index in [1.807, 2.05) is 43.3 Å². The number of rotatable bonds is 9. The molecule has 3 nitrogen and oxygen atoms in total. The third kappa shape index (κ3) is 14.5. The van der Waals surface area contributed by atoms with Crippen LogP contribution in [0.25, 0.3) is 11.4 Å². The molecule has 0 N–H and O–H groups in total. The summed E-state index contributed by atoms with van der Waals surface area (Å²) in [5.74, 6) is 1.85. The van der Waals surface area contributed by atoms with Crippen molar-refractivity contribution in [2.45, 2.75) is 6.92 Å². The number of hydrogen-bond acceptors (Lipinski definition) is 3. The molecule has 0 saturated heterocycles. The van der Waals surface area contributed by atoms with Gasteiger partial charge in [0.2, 0.25) is 0 Å². The zero-order valence-corrected chi connectivity index (χ0v) is 35.9. The summed E-state index contributed by atoms with van der Waals surface area (Å²) < 4.78 is 66.1. The molecule has 8 aromatic rings. The van der Waals surface area contributed by atoms with Crippen molar-refractivity contribution in [1.29, 1.82) is 0 Å². The van der Waals surface area contributed by atoms with Crippen LogP contribution in [-0.4, -0.2) is 9.97 Å². The molecule has 0 radical (unpaired) electrons. The van der Waals surface area contributed by atoms with Gasteiger partial charge in [-0.25, -0.2) is 0 Å². The van der Waals surface area contributed by atoms with Crippen LogP contribution in [0.1, 0.15) is 5.69 Å². The van der Waals surface area contributed by atoms with Crippen molar-refractivity contribution in [1.82, 2.24) is 9.97 Å². The van der Waals surface area contributed by atoms with Crippen LogP contribution in [0.3, 0.4) is 0 Å². The number of nitrogens with zero attached hydrogens (tertiary/aromatic N) is 2. The van der Waals surface area contributed by atoms with Gasteiger partial charge in [-0.3, -0.25) is 9.97 Å². The second-order valence-electron chi connectivity index (χ2n) is 13.1. The van der Waals surface area contributed by atoms with E-state index in [9.17, 15) is 25.2 Å². The van der Waals surface area contributed by atoms with Gasteiger partial charge in [0.25, 0.3) is 0 Å². The van der Waals surface area contributed by atoms with Crippen LogP contribution in [0.4, 0.5) is 25.2 Å². The molecule has 13 heteroatoms. The minimum Gasteiger partial charge on any atom is -0.449 e. The Balaban J connectivity index is 0.000000267. The Morgan fingerprint density at radius 1 is 0.400 bits per heavy atom.